The summed E-state index contributed by atoms with van der Waals surface area (Å²) in [6, 6.07) is 11.3. The summed E-state index contributed by atoms with van der Waals surface area (Å²) in [4.78, 5) is 29.9. The maximum absolute atomic E-state index is 13.4. The first kappa shape index (κ1) is 22.2. The highest BCUT2D eigenvalue weighted by Gasteiger charge is 2.27. The fourth-order valence-corrected chi connectivity index (χ4v) is 5.33. The topological polar surface area (TPSA) is 99.8 Å². The molecule has 8 nitrogen and oxygen atoms in total. The number of nitrogens with zero attached hydrogens (tertiary/aromatic N) is 2. The third kappa shape index (κ3) is 3.94. The molecule has 168 valence electrons. The van der Waals surface area contributed by atoms with E-state index in [4.69, 9.17) is 4.74 Å². The second kappa shape index (κ2) is 8.50. The molecule has 0 radical (unpaired) electrons. The standard InChI is InChI=1S/C23H25N3O5S/c1-15-5-4-6-21(16(15)2)25(3)23(28)19-14-22(27)24-20-8-7-17(13-18(19)20)32(29,30)26-9-11-31-12-10-26/h4-8,13-14H,9-12H2,1-3H3,(H,24,27). The van der Waals surface area contributed by atoms with Gasteiger partial charge in [0.15, 0.2) is 0 Å². The average Bonchev–Trinajstić information content (AvgIpc) is 2.79. The number of aryl methyl sites for hydroxylation is 1. The molecule has 2 heterocycles. The molecule has 1 aromatic heterocycles. The zero-order valence-corrected chi connectivity index (χ0v) is 19.0. The molecule has 0 saturated carbocycles. The number of pyridine rings is 1. The Morgan fingerprint density at radius 3 is 2.53 bits per heavy atom. The van der Waals surface area contributed by atoms with Gasteiger partial charge >= 0.3 is 0 Å². The lowest BCUT2D eigenvalue weighted by Crippen LogP contribution is -2.40. The van der Waals surface area contributed by atoms with Crippen LogP contribution < -0.4 is 10.5 Å². The summed E-state index contributed by atoms with van der Waals surface area (Å²) in [5.41, 5.74) is 2.83. The van der Waals surface area contributed by atoms with Crippen LogP contribution in [0.25, 0.3) is 10.9 Å². The van der Waals surface area contributed by atoms with Crippen molar-refractivity contribution in [3.63, 3.8) is 0 Å². The first-order chi connectivity index (χ1) is 15.2. The molecular formula is C23H25N3O5S. The van der Waals surface area contributed by atoms with Crippen molar-refractivity contribution >= 4 is 32.5 Å². The molecule has 1 fully saturated rings. The van der Waals surface area contributed by atoms with Crippen LogP contribution in [0.1, 0.15) is 21.5 Å². The minimum Gasteiger partial charge on any atom is -0.379 e. The number of morpholine rings is 1. The van der Waals surface area contributed by atoms with E-state index >= 15 is 0 Å². The Morgan fingerprint density at radius 1 is 1.09 bits per heavy atom. The molecule has 0 aliphatic carbocycles. The Hall–Kier alpha value is -3.01. The molecule has 9 heteroatoms. The highest BCUT2D eigenvalue weighted by Crippen LogP contribution is 2.27. The minimum absolute atomic E-state index is 0.0717. The van der Waals surface area contributed by atoms with Crippen molar-refractivity contribution < 1.29 is 17.9 Å². The van der Waals surface area contributed by atoms with Gasteiger partial charge in [0.05, 0.1) is 23.7 Å². The quantitative estimate of drug-likeness (QED) is 0.651. The average molecular weight is 456 g/mol. The normalized spacial score (nSPS) is 15.1. The van der Waals surface area contributed by atoms with Crippen molar-refractivity contribution in [3.05, 3.63) is 69.5 Å². The van der Waals surface area contributed by atoms with Gasteiger partial charge in [0.1, 0.15) is 0 Å². The van der Waals surface area contributed by atoms with Crippen LogP contribution in [0.2, 0.25) is 0 Å². The van der Waals surface area contributed by atoms with E-state index in [1.54, 1.807) is 7.05 Å². The molecule has 2 aromatic carbocycles. The summed E-state index contributed by atoms with van der Waals surface area (Å²) in [5.74, 6) is -0.393. The van der Waals surface area contributed by atoms with Gasteiger partial charge in [-0.2, -0.15) is 4.31 Å². The van der Waals surface area contributed by atoms with Crippen molar-refractivity contribution in [2.75, 3.05) is 38.3 Å². The van der Waals surface area contributed by atoms with Crippen LogP contribution in [-0.2, 0) is 14.8 Å². The van der Waals surface area contributed by atoms with Crippen LogP contribution in [0.4, 0.5) is 5.69 Å². The van der Waals surface area contributed by atoms with Crippen LogP contribution in [-0.4, -0.2) is 57.0 Å². The second-order valence-corrected chi connectivity index (χ2v) is 9.79. The number of ether oxygens (including phenoxy) is 1. The zero-order chi connectivity index (χ0) is 23.0. The van der Waals surface area contributed by atoms with Crippen LogP contribution in [0.15, 0.2) is 52.2 Å². The number of sulfonamides is 1. The van der Waals surface area contributed by atoms with E-state index < -0.39 is 21.5 Å². The van der Waals surface area contributed by atoms with Crippen LogP contribution in [0.5, 0.6) is 0 Å². The van der Waals surface area contributed by atoms with Crippen LogP contribution in [0, 0.1) is 13.8 Å². The summed E-state index contributed by atoms with van der Waals surface area (Å²) in [6.45, 7) is 5.11. The fourth-order valence-electron chi connectivity index (χ4n) is 3.90. The minimum atomic E-state index is -3.75. The first-order valence-electron chi connectivity index (χ1n) is 10.3. The molecule has 4 rings (SSSR count). The first-order valence-corrected chi connectivity index (χ1v) is 11.7. The molecule has 0 atom stereocenters. The number of anilines is 1. The van der Waals surface area contributed by atoms with E-state index in [2.05, 4.69) is 4.98 Å². The van der Waals surface area contributed by atoms with E-state index in [9.17, 15) is 18.0 Å². The summed E-state index contributed by atoms with van der Waals surface area (Å²) in [6.07, 6.45) is 0. The number of aromatic nitrogens is 1. The molecule has 1 N–H and O–H groups in total. The fraction of sp³-hybridized carbons (Fsp3) is 0.304. The molecule has 1 amide bonds. The van der Waals surface area contributed by atoms with E-state index in [1.807, 2.05) is 32.0 Å². The van der Waals surface area contributed by atoms with Gasteiger partial charge < -0.3 is 14.6 Å². The van der Waals surface area contributed by atoms with Crippen LogP contribution in [0.3, 0.4) is 0 Å². The van der Waals surface area contributed by atoms with Gasteiger partial charge in [-0.05, 0) is 49.2 Å². The molecule has 0 spiro atoms. The number of carbonyl (C=O) groups excluding carboxylic acids is 1. The number of hydrogen-bond acceptors (Lipinski definition) is 5. The van der Waals surface area contributed by atoms with Gasteiger partial charge in [-0.1, -0.05) is 12.1 Å². The van der Waals surface area contributed by atoms with Gasteiger partial charge in [-0.3, -0.25) is 9.59 Å². The molecule has 1 aliphatic heterocycles. The monoisotopic (exact) mass is 455 g/mol. The molecule has 1 aliphatic rings. The lowest BCUT2D eigenvalue weighted by molar-refractivity contribution is 0.0730. The van der Waals surface area contributed by atoms with E-state index in [0.29, 0.717) is 24.1 Å². The number of benzene rings is 2. The summed E-state index contributed by atoms with van der Waals surface area (Å²) < 4.78 is 32.9. The van der Waals surface area contributed by atoms with Gasteiger partial charge in [-0.25, -0.2) is 8.42 Å². The Bertz CT molecular complexity index is 1360. The van der Waals surface area contributed by atoms with Crippen molar-refractivity contribution in [3.8, 4) is 0 Å². The second-order valence-electron chi connectivity index (χ2n) is 7.85. The van der Waals surface area contributed by atoms with Crippen molar-refractivity contribution in [2.45, 2.75) is 18.7 Å². The Labute approximate surface area is 186 Å². The summed E-state index contributed by atoms with van der Waals surface area (Å²) >= 11 is 0. The highest BCUT2D eigenvalue weighted by atomic mass is 32.2. The van der Waals surface area contributed by atoms with Crippen molar-refractivity contribution in [2.24, 2.45) is 0 Å². The van der Waals surface area contributed by atoms with E-state index in [-0.39, 0.29) is 23.5 Å². The van der Waals surface area contributed by atoms with E-state index in [1.165, 1.54) is 33.5 Å². The van der Waals surface area contributed by atoms with Crippen LogP contribution >= 0.6 is 0 Å². The van der Waals surface area contributed by atoms with Gasteiger partial charge in [0, 0.05) is 42.8 Å². The molecule has 0 bridgehead atoms. The Balaban J connectivity index is 1.82. The van der Waals surface area contributed by atoms with E-state index in [0.717, 1.165) is 16.8 Å². The van der Waals surface area contributed by atoms with Crippen molar-refractivity contribution in [1.29, 1.82) is 0 Å². The SMILES string of the molecule is Cc1cccc(N(C)C(=O)c2cc(=O)[nH]c3ccc(S(=O)(=O)N4CCOCC4)cc23)c1C. The van der Waals surface area contributed by atoms with Gasteiger partial charge in [0.2, 0.25) is 15.6 Å². The summed E-state index contributed by atoms with van der Waals surface area (Å²) in [5, 5.41) is 0.376. The molecular weight excluding hydrogens is 430 g/mol. The van der Waals surface area contributed by atoms with Gasteiger partial charge in [0.25, 0.3) is 5.91 Å². The number of fused-ring (bicyclic) bond motifs is 1. The molecule has 3 aromatic rings. The highest BCUT2D eigenvalue weighted by molar-refractivity contribution is 7.89. The number of amides is 1. The predicted octanol–water partition coefficient (Wildman–Crippen LogP) is 2.44. The summed E-state index contributed by atoms with van der Waals surface area (Å²) in [7, 11) is -2.11. The maximum atomic E-state index is 13.4. The molecule has 32 heavy (non-hydrogen) atoms. The lowest BCUT2D eigenvalue weighted by Gasteiger charge is -2.26. The number of carbonyl (C=O) groups is 1. The zero-order valence-electron chi connectivity index (χ0n) is 18.2. The number of hydrogen-bond donors (Lipinski definition) is 1. The molecule has 0 unspecified atom stereocenters. The number of aromatic amines is 1. The third-order valence-electron chi connectivity index (χ3n) is 5.89. The number of H-pyrrole nitrogens is 1. The van der Waals surface area contributed by atoms with Crippen molar-refractivity contribution in [1.82, 2.24) is 9.29 Å². The number of nitrogens with one attached hydrogen (secondary N) is 1. The smallest absolute Gasteiger partial charge is 0.258 e. The Kier molecular flexibility index (Phi) is 5.89. The largest absolute Gasteiger partial charge is 0.379 e. The Morgan fingerprint density at radius 2 is 1.81 bits per heavy atom. The lowest BCUT2D eigenvalue weighted by atomic mass is 10.0. The van der Waals surface area contributed by atoms with Gasteiger partial charge in [-0.15, -0.1) is 0 Å². The maximum Gasteiger partial charge on any atom is 0.258 e. The third-order valence-corrected chi connectivity index (χ3v) is 7.79. The predicted molar refractivity (Wildman–Crippen MR) is 123 cm³/mol. The molecule has 1 saturated heterocycles. The number of rotatable bonds is 4.